The molecular weight excluding hydrogens is 282 g/mol. The van der Waals surface area contributed by atoms with Crippen molar-refractivity contribution in [2.75, 3.05) is 5.75 Å². The van der Waals surface area contributed by atoms with Crippen molar-refractivity contribution in [1.82, 2.24) is 5.32 Å². The molecule has 1 aromatic rings. The SMILES string of the molecule is CC(O)c1cccc(SCC(=O)NC2CCCCCC2)c1. The number of thioether (sulfide) groups is 1. The smallest absolute Gasteiger partial charge is 0.230 e. The normalized spacial score (nSPS) is 18.0. The molecule has 1 aromatic carbocycles. The van der Waals surface area contributed by atoms with Crippen LogP contribution in [0.1, 0.15) is 57.1 Å². The second-order valence-electron chi connectivity index (χ2n) is 5.79. The average Bonchev–Trinajstić information content (AvgIpc) is 2.74. The fraction of sp³-hybridized carbons (Fsp3) is 0.588. The van der Waals surface area contributed by atoms with Gasteiger partial charge in [-0.15, -0.1) is 11.8 Å². The lowest BCUT2D eigenvalue weighted by Gasteiger charge is -2.16. The Bertz CT molecular complexity index is 454. The highest BCUT2D eigenvalue weighted by molar-refractivity contribution is 8.00. The van der Waals surface area contributed by atoms with Crippen LogP contribution >= 0.6 is 11.8 Å². The van der Waals surface area contributed by atoms with Gasteiger partial charge in [-0.05, 0) is 37.5 Å². The lowest BCUT2D eigenvalue weighted by Crippen LogP contribution is -2.35. The third kappa shape index (κ3) is 5.71. The first-order valence-corrected chi connectivity index (χ1v) is 8.84. The molecule has 2 N–H and O–H groups in total. The number of aliphatic hydroxyl groups excluding tert-OH is 1. The zero-order valence-corrected chi connectivity index (χ0v) is 13.5. The van der Waals surface area contributed by atoms with E-state index in [1.165, 1.54) is 37.4 Å². The van der Waals surface area contributed by atoms with Gasteiger partial charge in [-0.1, -0.05) is 37.8 Å². The van der Waals surface area contributed by atoms with Gasteiger partial charge in [0, 0.05) is 10.9 Å². The van der Waals surface area contributed by atoms with E-state index in [4.69, 9.17) is 0 Å². The summed E-state index contributed by atoms with van der Waals surface area (Å²) in [5.41, 5.74) is 0.893. The van der Waals surface area contributed by atoms with E-state index in [-0.39, 0.29) is 5.91 Å². The zero-order valence-electron chi connectivity index (χ0n) is 12.7. The van der Waals surface area contributed by atoms with Crippen molar-refractivity contribution in [3.8, 4) is 0 Å². The van der Waals surface area contributed by atoms with Gasteiger partial charge in [0.15, 0.2) is 0 Å². The van der Waals surface area contributed by atoms with Crippen LogP contribution in [0.25, 0.3) is 0 Å². The molecule has 1 aliphatic carbocycles. The van der Waals surface area contributed by atoms with Gasteiger partial charge in [0.2, 0.25) is 5.91 Å². The number of rotatable bonds is 5. The Labute approximate surface area is 131 Å². The molecule has 0 saturated heterocycles. The average molecular weight is 307 g/mol. The van der Waals surface area contributed by atoms with Gasteiger partial charge in [-0.25, -0.2) is 0 Å². The Morgan fingerprint density at radius 2 is 2.05 bits per heavy atom. The molecule has 1 fully saturated rings. The molecule has 0 spiro atoms. The van der Waals surface area contributed by atoms with E-state index in [1.54, 1.807) is 6.92 Å². The molecule has 0 aliphatic heterocycles. The lowest BCUT2D eigenvalue weighted by atomic mass is 10.1. The van der Waals surface area contributed by atoms with Gasteiger partial charge in [0.1, 0.15) is 0 Å². The maximum absolute atomic E-state index is 12.0. The standard InChI is InChI=1S/C17H25NO2S/c1-13(19)14-7-6-10-16(11-14)21-12-17(20)18-15-8-4-2-3-5-9-15/h6-7,10-11,13,15,19H,2-5,8-9,12H2,1H3,(H,18,20). The fourth-order valence-electron chi connectivity index (χ4n) is 2.71. The first kappa shape index (κ1) is 16.4. The largest absolute Gasteiger partial charge is 0.389 e. The first-order valence-electron chi connectivity index (χ1n) is 7.85. The summed E-state index contributed by atoms with van der Waals surface area (Å²) in [6.07, 6.45) is 6.83. The predicted molar refractivity (Wildman–Crippen MR) is 87.4 cm³/mol. The van der Waals surface area contributed by atoms with Crippen LogP contribution in [0.4, 0.5) is 0 Å². The van der Waals surface area contributed by atoms with Gasteiger partial charge in [0.05, 0.1) is 11.9 Å². The van der Waals surface area contributed by atoms with E-state index in [0.29, 0.717) is 11.8 Å². The van der Waals surface area contributed by atoms with Crippen molar-refractivity contribution in [2.24, 2.45) is 0 Å². The number of hydrogen-bond donors (Lipinski definition) is 2. The molecule has 2 rings (SSSR count). The van der Waals surface area contributed by atoms with Gasteiger partial charge in [-0.3, -0.25) is 4.79 Å². The van der Waals surface area contributed by atoms with Gasteiger partial charge < -0.3 is 10.4 Å². The minimum Gasteiger partial charge on any atom is -0.389 e. The van der Waals surface area contributed by atoms with Crippen molar-refractivity contribution in [2.45, 2.75) is 62.5 Å². The van der Waals surface area contributed by atoms with E-state index in [9.17, 15) is 9.90 Å². The number of benzene rings is 1. The quantitative estimate of drug-likeness (QED) is 0.644. The van der Waals surface area contributed by atoms with Crippen molar-refractivity contribution in [1.29, 1.82) is 0 Å². The molecule has 116 valence electrons. The molecule has 0 radical (unpaired) electrons. The summed E-state index contributed by atoms with van der Waals surface area (Å²) in [5, 5.41) is 12.7. The number of aliphatic hydroxyl groups is 1. The molecular formula is C17H25NO2S. The molecule has 3 nitrogen and oxygen atoms in total. The van der Waals surface area contributed by atoms with Gasteiger partial charge in [0.25, 0.3) is 0 Å². The van der Waals surface area contributed by atoms with E-state index >= 15 is 0 Å². The zero-order chi connectivity index (χ0) is 15.1. The Kier molecular flexibility index (Phi) is 6.58. The van der Waals surface area contributed by atoms with E-state index in [2.05, 4.69) is 5.32 Å². The molecule has 0 aromatic heterocycles. The number of nitrogens with one attached hydrogen (secondary N) is 1. The summed E-state index contributed by atoms with van der Waals surface area (Å²) < 4.78 is 0. The van der Waals surface area contributed by atoms with Gasteiger partial charge >= 0.3 is 0 Å². The van der Waals surface area contributed by atoms with Crippen LogP contribution in [0.5, 0.6) is 0 Å². The monoisotopic (exact) mass is 307 g/mol. The Morgan fingerprint density at radius 3 is 2.71 bits per heavy atom. The molecule has 0 heterocycles. The molecule has 0 bridgehead atoms. The molecule has 1 saturated carbocycles. The van der Waals surface area contributed by atoms with Crippen LogP contribution in [0.3, 0.4) is 0 Å². The maximum atomic E-state index is 12.0. The van der Waals surface area contributed by atoms with E-state index < -0.39 is 6.10 Å². The molecule has 21 heavy (non-hydrogen) atoms. The predicted octanol–water partition coefficient (Wildman–Crippen LogP) is 3.67. The van der Waals surface area contributed by atoms with Crippen LogP contribution in [-0.2, 0) is 4.79 Å². The highest BCUT2D eigenvalue weighted by Gasteiger charge is 2.14. The van der Waals surface area contributed by atoms with Crippen molar-refractivity contribution < 1.29 is 9.90 Å². The van der Waals surface area contributed by atoms with Crippen molar-refractivity contribution in [3.05, 3.63) is 29.8 Å². The number of amides is 1. The fourth-order valence-corrected chi connectivity index (χ4v) is 3.48. The van der Waals surface area contributed by atoms with E-state index in [0.717, 1.165) is 23.3 Å². The second-order valence-corrected chi connectivity index (χ2v) is 6.84. The molecule has 1 atom stereocenters. The molecule has 1 amide bonds. The Hall–Kier alpha value is -1.00. The second kappa shape index (κ2) is 8.44. The third-order valence-corrected chi connectivity index (χ3v) is 4.92. The Balaban J connectivity index is 1.79. The maximum Gasteiger partial charge on any atom is 0.230 e. The highest BCUT2D eigenvalue weighted by atomic mass is 32.2. The summed E-state index contributed by atoms with van der Waals surface area (Å²) >= 11 is 1.53. The molecule has 1 aliphatic rings. The van der Waals surface area contributed by atoms with E-state index in [1.807, 2.05) is 24.3 Å². The molecule has 1 unspecified atom stereocenters. The summed E-state index contributed by atoms with van der Waals surface area (Å²) in [6, 6.07) is 8.13. The minimum atomic E-state index is -0.467. The highest BCUT2D eigenvalue weighted by Crippen LogP contribution is 2.22. The third-order valence-electron chi connectivity index (χ3n) is 3.93. The van der Waals surface area contributed by atoms with Crippen LogP contribution < -0.4 is 5.32 Å². The topological polar surface area (TPSA) is 49.3 Å². The summed E-state index contributed by atoms with van der Waals surface area (Å²) in [7, 11) is 0. The van der Waals surface area contributed by atoms with Crippen molar-refractivity contribution in [3.63, 3.8) is 0 Å². The van der Waals surface area contributed by atoms with Crippen LogP contribution in [0.2, 0.25) is 0 Å². The minimum absolute atomic E-state index is 0.120. The van der Waals surface area contributed by atoms with Crippen LogP contribution in [0, 0.1) is 0 Å². The number of carbonyl (C=O) groups is 1. The summed E-state index contributed by atoms with van der Waals surface area (Å²) in [6.45, 7) is 1.75. The van der Waals surface area contributed by atoms with Crippen molar-refractivity contribution >= 4 is 17.7 Å². The molecule has 4 heteroatoms. The van der Waals surface area contributed by atoms with Gasteiger partial charge in [-0.2, -0.15) is 0 Å². The number of hydrogen-bond acceptors (Lipinski definition) is 3. The first-order chi connectivity index (χ1) is 10.1. The lowest BCUT2D eigenvalue weighted by molar-refractivity contribution is -0.119. The van der Waals surface area contributed by atoms with Crippen LogP contribution in [-0.4, -0.2) is 22.8 Å². The number of carbonyl (C=O) groups excluding carboxylic acids is 1. The Morgan fingerprint density at radius 1 is 1.33 bits per heavy atom. The summed E-state index contributed by atoms with van der Waals surface area (Å²) in [5.74, 6) is 0.564. The van der Waals surface area contributed by atoms with Crippen LogP contribution in [0.15, 0.2) is 29.2 Å². The summed E-state index contributed by atoms with van der Waals surface area (Å²) in [4.78, 5) is 13.1.